The van der Waals surface area contributed by atoms with E-state index >= 15 is 0 Å². The van der Waals surface area contributed by atoms with E-state index < -0.39 is 0 Å². The molecular formula is C15H22N2O3. The topological polar surface area (TPSA) is 75.8 Å². The minimum atomic E-state index is -0.333. The van der Waals surface area contributed by atoms with Gasteiger partial charge in [0.15, 0.2) is 0 Å². The number of nitrogen functional groups attached to an aromatic ring is 1. The second-order valence-electron chi connectivity index (χ2n) is 5.23. The van der Waals surface area contributed by atoms with Crippen LogP contribution in [-0.2, 0) is 4.74 Å². The molecule has 3 N–H and O–H groups in total. The summed E-state index contributed by atoms with van der Waals surface area (Å²) in [7, 11) is 0. The van der Waals surface area contributed by atoms with Crippen LogP contribution in [0.5, 0.6) is 0 Å². The van der Waals surface area contributed by atoms with Crippen LogP contribution in [0, 0.1) is 5.92 Å². The summed E-state index contributed by atoms with van der Waals surface area (Å²) in [4.78, 5) is 13.9. The third-order valence-electron chi connectivity index (χ3n) is 3.79. The zero-order valence-corrected chi connectivity index (χ0v) is 12.0. The normalized spacial score (nSPS) is 19.9. The van der Waals surface area contributed by atoms with Gasteiger partial charge >= 0.3 is 5.97 Å². The van der Waals surface area contributed by atoms with Crippen LogP contribution in [0.25, 0.3) is 0 Å². The number of nitrogens with zero attached hydrogens (tertiary/aromatic N) is 1. The second-order valence-corrected chi connectivity index (χ2v) is 5.23. The first-order chi connectivity index (χ1) is 9.52. The smallest absolute Gasteiger partial charge is 0.338 e. The van der Waals surface area contributed by atoms with Gasteiger partial charge in [-0.2, -0.15) is 0 Å². The van der Waals surface area contributed by atoms with E-state index in [2.05, 4.69) is 4.90 Å². The summed E-state index contributed by atoms with van der Waals surface area (Å²) in [6.45, 7) is 5.54. The molecule has 110 valence electrons. The van der Waals surface area contributed by atoms with Crippen LogP contribution in [0.15, 0.2) is 18.2 Å². The number of carbonyl (C=O) groups is 1. The van der Waals surface area contributed by atoms with Crippen molar-refractivity contribution >= 4 is 17.3 Å². The van der Waals surface area contributed by atoms with Crippen molar-refractivity contribution in [3.05, 3.63) is 23.8 Å². The molecule has 0 amide bonds. The Bertz CT molecular complexity index is 488. The third-order valence-corrected chi connectivity index (χ3v) is 3.79. The van der Waals surface area contributed by atoms with E-state index in [0.717, 1.165) is 25.2 Å². The van der Waals surface area contributed by atoms with Crippen molar-refractivity contribution in [2.24, 2.45) is 5.92 Å². The van der Waals surface area contributed by atoms with Gasteiger partial charge in [-0.1, -0.05) is 0 Å². The summed E-state index contributed by atoms with van der Waals surface area (Å²) in [5.41, 5.74) is 8.01. The van der Waals surface area contributed by atoms with Crippen molar-refractivity contribution in [3.63, 3.8) is 0 Å². The Labute approximate surface area is 119 Å². The first-order valence-corrected chi connectivity index (χ1v) is 7.02. The highest BCUT2D eigenvalue weighted by atomic mass is 16.5. The van der Waals surface area contributed by atoms with E-state index in [-0.39, 0.29) is 18.0 Å². The van der Waals surface area contributed by atoms with Gasteiger partial charge in [0.05, 0.1) is 29.6 Å². The lowest BCUT2D eigenvalue weighted by Crippen LogP contribution is -2.24. The van der Waals surface area contributed by atoms with Gasteiger partial charge in [0.1, 0.15) is 0 Å². The van der Waals surface area contributed by atoms with Crippen LogP contribution in [0.4, 0.5) is 11.4 Å². The highest BCUT2D eigenvalue weighted by molar-refractivity contribution is 5.92. The fourth-order valence-corrected chi connectivity index (χ4v) is 2.56. The summed E-state index contributed by atoms with van der Waals surface area (Å²) in [5.74, 6) is -0.0827. The van der Waals surface area contributed by atoms with Gasteiger partial charge < -0.3 is 20.5 Å². The number of carbonyl (C=O) groups excluding carboxylic acids is 1. The zero-order chi connectivity index (χ0) is 14.7. The number of aliphatic hydroxyl groups excluding tert-OH is 1. The largest absolute Gasteiger partial charge is 0.462 e. The number of rotatable bonds is 4. The molecule has 20 heavy (non-hydrogen) atoms. The zero-order valence-electron chi connectivity index (χ0n) is 12.0. The maximum Gasteiger partial charge on any atom is 0.338 e. The van der Waals surface area contributed by atoms with Gasteiger partial charge in [0.2, 0.25) is 0 Å². The van der Waals surface area contributed by atoms with Crippen LogP contribution in [0.2, 0.25) is 0 Å². The number of benzene rings is 1. The number of aliphatic hydroxyl groups is 1. The van der Waals surface area contributed by atoms with E-state index in [1.54, 1.807) is 25.1 Å². The molecule has 1 saturated heterocycles. The molecule has 1 aliphatic heterocycles. The average molecular weight is 278 g/mol. The highest BCUT2D eigenvalue weighted by Crippen LogP contribution is 2.31. The quantitative estimate of drug-likeness (QED) is 0.647. The molecule has 0 spiro atoms. The van der Waals surface area contributed by atoms with Gasteiger partial charge in [-0.15, -0.1) is 0 Å². The Balaban J connectivity index is 2.19. The average Bonchev–Trinajstić information content (AvgIpc) is 2.89. The van der Waals surface area contributed by atoms with Crippen LogP contribution in [0.1, 0.15) is 30.6 Å². The van der Waals surface area contributed by atoms with Crippen LogP contribution < -0.4 is 10.6 Å². The van der Waals surface area contributed by atoms with Crippen LogP contribution in [0.3, 0.4) is 0 Å². The van der Waals surface area contributed by atoms with Crippen molar-refractivity contribution < 1.29 is 14.6 Å². The van der Waals surface area contributed by atoms with Crippen molar-refractivity contribution in [2.45, 2.75) is 26.4 Å². The van der Waals surface area contributed by atoms with E-state index in [0.29, 0.717) is 17.9 Å². The minimum Gasteiger partial charge on any atom is -0.462 e. The first-order valence-electron chi connectivity index (χ1n) is 7.02. The fourth-order valence-electron chi connectivity index (χ4n) is 2.56. The number of nitrogens with two attached hydrogens (primary N) is 1. The molecule has 0 bridgehead atoms. The summed E-state index contributed by atoms with van der Waals surface area (Å²) < 4.78 is 5.01. The molecule has 1 fully saturated rings. The van der Waals surface area contributed by atoms with Crippen molar-refractivity contribution in [2.75, 3.05) is 30.3 Å². The SMILES string of the molecule is CCOC(=O)c1ccc(N)c(N2CCC(C(C)O)C2)c1. The summed E-state index contributed by atoms with van der Waals surface area (Å²) in [6.07, 6.45) is 0.607. The maximum atomic E-state index is 11.8. The highest BCUT2D eigenvalue weighted by Gasteiger charge is 2.27. The number of hydrogen-bond donors (Lipinski definition) is 2. The Hall–Kier alpha value is -1.75. The fraction of sp³-hybridized carbons (Fsp3) is 0.533. The molecule has 2 atom stereocenters. The molecule has 2 rings (SSSR count). The van der Waals surface area contributed by atoms with Gasteiger partial charge in [0, 0.05) is 19.0 Å². The van der Waals surface area contributed by atoms with Crippen LogP contribution >= 0.6 is 0 Å². The lowest BCUT2D eigenvalue weighted by molar-refractivity contribution is 0.0526. The molecular weight excluding hydrogens is 256 g/mol. The molecule has 5 nitrogen and oxygen atoms in total. The predicted octanol–water partition coefficient (Wildman–Crippen LogP) is 1.65. The molecule has 0 aromatic heterocycles. The predicted molar refractivity (Wildman–Crippen MR) is 78.8 cm³/mol. The maximum absolute atomic E-state index is 11.8. The third kappa shape index (κ3) is 3.04. The molecule has 1 aromatic carbocycles. The molecule has 2 unspecified atom stereocenters. The van der Waals surface area contributed by atoms with E-state index in [1.807, 2.05) is 6.92 Å². The number of hydrogen-bond acceptors (Lipinski definition) is 5. The second kappa shape index (κ2) is 6.13. The van der Waals surface area contributed by atoms with Crippen molar-refractivity contribution in [1.29, 1.82) is 0 Å². The van der Waals surface area contributed by atoms with E-state index in [1.165, 1.54) is 0 Å². The van der Waals surface area contributed by atoms with Crippen LogP contribution in [-0.4, -0.2) is 36.9 Å². The lowest BCUT2D eigenvalue weighted by atomic mass is 10.0. The Morgan fingerprint density at radius 1 is 1.60 bits per heavy atom. The first kappa shape index (κ1) is 14.7. The molecule has 1 aromatic rings. The Kier molecular flexibility index (Phi) is 4.49. The van der Waals surface area contributed by atoms with E-state index in [9.17, 15) is 9.90 Å². The van der Waals surface area contributed by atoms with Gasteiger partial charge in [0.25, 0.3) is 0 Å². The molecule has 1 aliphatic rings. The number of ether oxygens (including phenoxy) is 1. The Morgan fingerprint density at radius 3 is 2.95 bits per heavy atom. The molecule has 1 heterocycles. The van der Waals surface area contributed by atoms with Gasteiger partial charge in [-0.3, -0.25) is 0 Å². The molecule has 5 heteroatoms. The molecule has 0 saturated carbocycles. The Morgan fingerprint density at radius 2 is 2.35 bits per heavy atom. The monoisotopic (exact) mass is 278 g/mol. The molecule has 0 aliphatic carbocycles. The van der Waals surface area contributed by atoms with E-state index in [4.69, 9.17) is 10.5 Å². The van der Waals surface area contributed by atoms with Gasteiger partial charge in [-0.05, 0) is 38.5 Å². The standard InChI is InChI=1S/C15H22N2O3/c1-3-20-15(19)11-4-5-13(16)14(8-11)17-7-6-12(9-17)10(2)18/h4-5,8,10,12,18H,3,6-7,9,16H2,1-2H3. The van der Waals surface area contributed by atoms with Crippen molar-refractivity contribution in [1.82, 2.24) is 0 Å². The molecule has 0 radical (unpaired) electrons. The minimum absolute atomic E-state index is 0.251. The lowest BCUT2D eigenvalue weighted by Gasteiger charge is -2.22. The summed E-state index contributed by atoms with van der Waals surface area (Å²) >= 11 is 0. The van der Waals surface area contributed by atoms with Gasteiger partial charge in [-0.25, -0.2) is 4.79 Å². The number of anilines is 2. The summed E-state index contributed by atoms with van der Waals surface area (Å²) in [5, 5.41) is 9.67. The van der Waals surface area contributed by atoms with Crippen molar-refractivity contribution in [3.8, 4) is 0 Å². The summed E-state index contributed by atoms with van der Waals surface area (Å²) in [6, 6.07) is 5.19. The number of esters is 1.